The number of ether oxygens (including phenoxy) is 2. The van der Waals surface area contributed by atoms with E-state index >= 15 is 0 Å². The molecule has 0 saturated carbocycles. The van der Waals surface area contributed by atoms with Crippen LogP contribution in [0.3, 0.4) is 0 Å². The molecule has 0 aromatic heterocycles. The van der Waals surface area contributed by atoms with Crippen LogP contribution in [0.4, 0.5) is 0 Å². The summed E-state index contributed by atoms with van der Waals surface area (Å²) in [6.45, 7) is 1.94. The zero-order valence-electron chi connectivity index (χ0n) is 21.6. The number of hydrogen-bond donors (Lipinski definition) is 0. The van der Waals surface area contributed by atoms with E-state index in [1.54, 1.807) is 24.3 Å². The maximum atomic E-state index is 11.4. The van der Waals surface area contributed by atoms with Crippen molar-refractivity contribution in [3.8, 4) is 23.0 Å². The first-order valence-electron chi connectivity index (χ1n) is 11.7. The number of carboxylic acids is 2. The maximum absolute atomic E-state index is 11.4. The van der Waals surface area contributed by atoms with E-state index in [4.69, 9.17) is 9.47 Å². The van der Waals surface area contributed by atoms with E-state index in [0.717, 1.165) is 33.8 Å². The van der Waals surface area contributed by atoms with Crippen LogP contribution in [0.15, 0.2) is 78.9 Å². The topological polar surface area (TPSA) is 98.7 Å². The van der Waals surface area contributed by atoms with E-state index in [-0.39, 0.29) is 114 Å². The second kappa shape index (κ2) is 13.9. The predicted molar refractivity (Wildman–Crippen MR) is 130 cm³/mol. The molecule has 0 unspecified atom stereocenters. The molecule has 0 saturated heterocycles. The summed E-state index contributed by atoms with van der Waals surface area (Å²) in [5.41, 5.74) is 4.69. The van der Waals surface area contributed by atoms with Crippen LogP contribution in [0, 0.1) is 0 Å². The minimum Gasteiger partial charge on any atom is -0.545 e. The van der Waals surface area contributed by atoms with Crippen LogP contribution >= 0.6 is 0 Å². The molecule has 6 nitrogen and oxygen atoms in total. The van der Waals surface area contributed by atoms with Gasteiger partial charge >= 0.3 is 103 Å². The van der Waals surface area contributed by atoms with Crippen LogP contribution in [-0.2, 0) is 19.3 Å². The Morgan fingerprint density at radius 2 is 1.18 bits per heavy atom. The fourth-order valence-electron chi connectivity index (χ4n) is 4.65. The van der Waals surface area contributed by atoms with Gasteiger partial charge in [0.2, 0.25) is 0 Å². The molecule has 0 bridgehead atoms. The van der Waals surface area contributed by atoms with Crippen molar-refractivity contribution >= 4 is 11.9 Å². The molecular weight excluding hydrogens is 535 g/mol. The van der Waals surface area contributed by atoms with Crippen LogP contribution in [0.1, 0.15) is 55.5 Å². The Labute approximate surface area is 306 Å². The van der Waals surface area contributed by atoms with E-state index in [1.165, 1.54) is 0 Å². The van der Waals surface area contributed by atoms with Gasteiger partial charge in [0.1, 0.15) is 23.0 Å². The van der Waals surface area contributed by atoms with Crippen molar-refractivity contribution in [2.75, 3.05) is 0 Å². The van der Waals surface area contributed by atoms with Gasteiger partial charge in [0.15, 0.2) is 0 Å². The SMILES string of the molecule is CCc1ccc2c(c1C(=O)[O-])Cc1ccccc1O2.O=C([O-])c1cccc2c1Cc1ccccc1O2.[K+].[K+]. The maximum Gasteiger partial charge on any atom is 1.00 e. The Bertz CT molecular complexity index is 1500. The zero-order chi connectivity index (χ0) is 25.2. The average molecular weight is 557 g/mol. The number of hydrogen-bond acceptors (Lipinski definition) is 6. The van der Waals surface area contributed by atoms with Crippen molar-refractivity contribution in [3.05, 3.63) is 118 Å². The standard InChI is InChI=1S/C16H14O3.C14H10O3.2K/c1-2-10-7-8-14-12(15(10)16(17)18)9-11-5-3-4-6-13(11)19-14;15-14(16)10-5-3-7-13-11(10)8-9-4-1-2-6-12(9)17-13;;/h3-8H,2,9H2,1H3,(H,17,18);1-7H,8H2,(H,15,16);;/q;;2*+1/p-2. The molecular formula is C30H22K2O6. The van der Waals surface area contributed by atoms with Crippen molar-refractivity contribution in [1.82, 2.24) is 0 Å². The van der Waals surface area contributed by atoms with Crippen LogP contribution < -0.4 is 122 Å². The summed E-state index contributed by atoms with van der Waals surface area (Å²) in [7, 11) is 0. The van der Waals surface area contributed by atoms with Crippen LogP contribution in [0.2, 0.25) is 0 Å². The Morgan fingerprint density at radius 3 is 1.74 bits per heavy atom. The normalized spacial score (nSPS) is 11.6. The van der Waals surface area contributed by atoms with Gasteiger partial charge in [0.25, 0.3) is 0 Å². The molecule has 2 aliphatic rings. The Morgan fingerprint density at radius 1 is 0.658 bits per heavy atom. The van der Waals surface area contributed by atoms with Gasteiger partial charge in [-0.05, 0) is 47.4 Å². The third-order valence-corrected chi connectivity index (χ3v) is 6.41. The number of aromatic carboxylic acids is 2. The molecule has 0 spiro atoms. The molecule has 4 aromatic carbocycles. The minimum absolute atomic E-state index is 0. The molecule has 0 amide bonds. The summed E-state index contributed by atoms with van der Waals surface area (Å²) < 4.78 is 11.5. The van der Waals surface area contributed by atoms with Gasteiger partial charge < -0.3 is 29.3 Å². The molecule has 2 heterocycles. The van der Waals surface area contributed by atoms with Gasteiger partial charge in [-0.25, -0.2) is 0 Å². The van der Waals surface area contributed by atoms with Crippen molar-refractivity contribution in [3.63, 3.8) is 0 Å². The fourth-order valence-corrected chi connectivity index (χ4v) is 4.65. The Hall–Kier alpha value is -1.31. The summed E-state index contributed by atoms with van der Waals surface area (Å²) in [5, 5.41) is 22.4. The molecule has 0 radical (unpaired) electrons. The molecule has 6 rings (SSSR count). The molecule has 38 heavy (non-hydrogen) atoms. The van der Waals surface area contributed by atoms with E-state index < -0.39 is 11.9 Å². The van der Waals surface area contributed by atoms with Crippen molar-refractivity contribution < 1.29 is 132 Å². The predicted octanol–water partition coefficient (Wildman–Crippen LogP) is -1.94. The monoisotopic (exact) mass is 556 g/mol. The van der Waals surface area contributed by atoms with E-state index in [2.05, 4.69) is 0 Å². The van der Waals surface area contributed by atoms with Crippen molar-refractivity contribution in [1.29, 1.82) is 0 Å². The summed E-state index contributed by atoms with van der Waals surface area (Å²) in [6, 6.07) is 23.9. The summed E-state index contributed by atoms with van der Waals surface area (Å²) in [4.78, 5) is 22.4. The number of fused-ring (bicyclic) bond motifs is 4. The smallest absolute Gasteiger partial charge is 0.545 e. The van der Waals surface area contributed by atoms with Gasteiger partial charge in [0, 0.05) is 35.1 Å². The number of rotatable bonds is 3. The van der Waals surface area contributed by atoms with E-state index in [0.29, 0.717) is 36.3 Å². The Balaban J connectivity index is 0.000000201. The average Bonchev–Trinajstić information content (AvgIpc) is 2.89. The molecule has 0 fully saturated rings. The summed E-state index contributed by atoms with van der Waals surface area (Å²) >= 11 is 0. The molecule has 4 aromatic rings. The van der Waals surface area contributed by atoms with Gasteiger partial charge in [-0.2, -0.15) is 0 Å². The fraction of sp³-hybridized carbons (Fsp3) is 0.133. The quantitative estimate of drug-likeness (QED) is 0.236. The number of carbonyl (C=O) groups is 2. The van der Waals surface area contributed by atoms with Crippen LogP contribution in [-0.4, -0.2) is 11.9 Å². The third-order valence-electron chi connectivity index (χ3n) is 6.41. The first kappa shape index (κ1) is 31.2. The van der Waals surface area contributed by atoms with E-state index in [9.17, 15) is 19.8 Å². The first-order chi connectivity index (χ1) is 17.5. The largest absolute Gasteiger partial charge is 1.00 e. The summed E-state index contributed by atoms with van der Waals surface area (Å²) in [5.74, 6) is 0.515. The van der Waals surface area contributed by atoms with Crippen LogP contribution in [0.25, 0.3) is 0 Å². The van der Waals surface area contributed by atoms with Gasteiger partial charge in [0.05, 0.1) is 11.9 Å². The number of benzene rings is 4. The Kier molecular flexibility index (Phi) is 11.4. The minimum atomic E-state index is -1.16. The second-order valence-corrected chi connectivity index (χ2v) is 8.56. The van der Waals surface area contributed by atoms with Crippen LogP contribution in [0.5, 0.6) is 23.0 Å². The molecule has 0 aliphatic carbocycles. The number of carbonyl (C=O) groups excluding carboxylic acids is 2. The van der Waals surface area contributed by atoms with Crippen molar-refractivity contribution in [2.45, 2.75) is 26.2 Å². The molecule has 0 atom stereocenters. The van der Waals surface area contributed by atoms with Gasteiger partial charge in [-0.15, -0.1) is 0 Å². The first-order valence-corrected chi connectivity index (χ1v) is 11.7. The molecule has 2 aliphatic heterocycles. The molecule has 180 valence electrons. The zero-order valence-corrected chi connectivity index (χ0v) is 27.8. The van der Waals surface area contributed by atoms with E-state index in [1.807, 2.05) is 61.5 Å². The van der Waals surface area contributed by atoms with Gasteiger partial charge in [-0.3, -0.25) is 0 Å². The molecule has 8 heteroatoms. The van der Waals surface area contributed by atoms with Crippen molar-refractivity contribution in [2.24, 2.45) is 0 Å². The second-order valence-electron chi connectivity index (χ2n) is 8.56. The molecule has 0 N–H and O–H groups in total. The summed E-state index contributed by atoms with van der Waals surface area (Å²) in [6.07, 6.45) is 1.80. The number of carboxylic acid groups (broad SMARTS) is 2. The third kappa shape index (κ3) is 6.52. The number of aryl methyl sites for hydroxylation is 1. The van der Waals surface area contributed by atoms with Gasteiger partial charge in [-0.1, -0.05) is 61.5 Å². The number of para-hydroxylation sites is 2.